The van der Waals surface area contributed by atoms with E-state index in [1.165, 1.54) is 38.5 Å². The van der Waals surface area contributed by atoms with E-state index in [1.54, 1.807) is 6.92 Å². The number of ether oxygens (including phenoxy) is 1. The number of nitrogens with one attached hydrogen (secondary N) is 2. The van der Waals surface area contributed by atoms with Gasteiger partial charge in [-0.25, -0.2) is 8.42 Å². The van der Waals surface area contributed by atoms with Gasteiger partial charge in [-0.15, -0.1) is 0 Å². The first-order valence-electron chi connectivity index (χ1n) is 10.6. The molecule has 2 unspecified atom stereocenters. The summed E-state index contributed by atoms with van der Waals surface area (Å²) in [6.45, 7) is 2.53. The average Bonchev–Trinajstić information content (AvgIpc) is 3.26. The monoisotopic (exact) mass is 423 g/mol. The highest BCUT2D eigenvalue weighted by Crippen LogP contribution is 2.32. The Morgan fingerprint density at radius 1 is 1.24 bits per heavy atom. The van der Waals surface area contributed by atoms with Gasteiger partial charge in [0.1, 0.15) is 5.75 Å². The number of hydrogen-bond donors (Lipinski definition) is 3. The molecule has 2 aliphatic rings. The van der Waals surface area contributed by atoms with Crippen molar-refractivity contribution < 1.29 is 17.9 Å². The van der Waals surface area contributed by atoms with Gasteiger partial charge in [0.25, 0.3) is 5.91 Å². The van der Waals surface area contributed by atoms with E-state index in [4.69, 9.17) is 10.5 Å². The number of anilines is 1. The molecule has 1 aromatic rings. The van der Waals surface area contributed by atoms with Gasteiger partial charge in [0.15, 0.2) is 9.84 Å². The predicted octanol–water partition coefficient (Wildman–Crippen LogP) is 2.50. The second-order valence-corrected chi connectivity index (χ2v) is 10.3. The number of methoxy groups -OCH3 is 1. The van der Waals surface area contributed by atoms with Gasteiger partial charge >= 0.3 is 0 Å². The minimum absolute atomic E-state index is 0.0147. The maximum Gasteiger partial charge on any atom is 0.255 e. The highest BCUT2D eigenvalue weighted by atomic mass is 32.2. The molecule has 3 rings (SSSR count). The number of amides is 1. The van der Waals surface area contributed by atoms with Crippen LogP contribution < -0.4 is 21.1 Å². The Morgan fingerprint density at radius 3 is 2.55 bits per heavy atom. The molecule has 1 saturated carbocycles. The van der Waals surface area contributed by atoms with E-state index >= 15 is 0 Å². The number of nitrogens with two attached hydrogens (primary N) is 1. The Morgan fingerprint density at radius 2 is 1.97 bits per heavy atom. The van der Waals surface area contributed by atoms with Crippen molar-refractivity contribution in [2.24, 2.45) is 5.92 Å². The summed E-state index contributed by atoms with van der Waals surface area (Å²) in [6, 6.07) is 3.07. The zero-order valence-corrected chi connectivity index (χ0v) is 18.2. The lowest BCUT2D eigenvalue weighted by Gasteiger charge is -2.35. The van der Waals surface area contributed by atoms with Gasteiger partial charge in [-0.05, 0) is 44.2 Å². The van der Waals surface area contributed by atoms with Crippen molar-refractivity contribution in [3.63, 3.8) is 0 Å². The van der Waals surface area contributed by atoms with E-state index in [0.29, 0.717) is 5.92 Å². The van der Waals surface area contributed by atoms with E-state index in [2.05, 4.69) is 10.6 Å². The third kappa shape index (κ3) is 4.86. The molecular formula is C21H33N3O4S. The van der Waals surface area contributed by atoms with Gasteiger partial charge < -0.3 is 21.1 Å². The van der Waals surface area contributed by atoms with Gasteiger partial charge in [-0.3, -0.25) is 4.79 Å². The molecule has 4 N–H and O–H groups in total. The van der Waals surface area contributed by atoms with Crippen molar-refractivity contribution in [3.8, 4) is 5.75 Å². The molecule has 2 atom stereocenters. The molecule has 0 aromatic heterocycles. The van der Waals surface area contributed by atoms with Crippen LogP contribution in [-0.4, -0.2) is 45.8 Å². The quantitative estimate of drug-likeness (QED) is 0.581. The van der Waals surface area contributed by atoms with Crippen LogP contribution in [0.1, 0.15) is 62.2 Å². The molecule has 1 aliphatic carbocycles. The van der Waals surface area contributed by atoms with Crippen LogP contribution in [-0.2, 0) is 9.84 Å². The molecule has 29 heavy (non-hydrogen) atoms. The zero-order valence-electron chi connectivity index (χ0n) is 17.4. The topological polar surface area (TPSA) is 111 Å². The number of nitrogen functional groups attached to an aromatic ring is 1. The van der Waals surface area contributed by atoms with Crippen molar-refractivity contribution in [3.05, 3.63) is 17.7 Å². The van der Waals surface area contributed by atoms with E-state index in [9.17, 15) is 13.2 Å². The van der Waals surface area contributed by atoms with Gasteiger partial charge in [0, 0.05) is 18.2 Å². The van der Waals surface area contributed by atoms with Crippen LogP contribution in [0, 0.1) is 5.92 Å². The number of sulfone groups is 1. The maximum atomic E-state index is 13.3. The van der Waals surface area contributed by atoms with E-state index in [1.807, 2.05) is 0 Å². The minimum Gasteiger partial charge on any atom is -0.496 e. The summed E-state index contributed by atoms with van der Waals surface area (Å²) in [5, 5.41) is 6.75. The fourth-order valence-corrected chi connectivity index (χ4v) is 5.66. The van der Waals surface area contributed by atoms with Crippen molar-refractivity contribution in [1.82, 2.24) is 10.6 Å². The molecule has 1 aromatic carbocycles. The van der Waals surface area contributed by atoms with Crippen molar-refractivity contribution in [1.29, 1.82) is 0 Å². The summed E-state index contributed by atoms with van der Waals surface area (Å²) in [7, 11) is -2.09. The van der Waals surface area contributed by atoms with Gasteiger partial charge in [-0.1, -0.05) is 26.2 Å². The molecule has 0 radical (unpaired) electrons. The summed E-state index contributed by atoms with van der Waals surface area (Å²) < 4.78 is 30.2. The molecule has 1 saturated heterocycles. The third-order valence-electron chi connectivity index (χ3n) is 6.28. The molecule has 7 nitrogen and oxygen atoms in total. The van der Waals surface area contributed by atoms with Crippen LogP contribution in [0.15, 0.2) is 17.0 Å². The lowest BCUT2D eigenvalue weighted by molar-refractivity contribution is 0.0893. The largest absolute Gasteiger partial charge is 0.496 e. The summed E-state index contributed by atoms with van der Waals surface area (Å²) in [4.78, 5) is 13.2. The smallest absolute Gasteiger partial charge is 0.255 e. The Bertz CT molecular complexity index is 829. The second kappa shape index (κ2) is 9.34. The Labute approximate surface area is 173 Å². The number of carbonyl (C=O) groups is 1. The number of carbonyl (C=O) groups excluding carboxylic acids is 1. The molecule has 1 heterocycles. The number of rotatable bonds is 7. The lowest BCUT2D eigenvalue weighted by atomic mass is 9.80. The predicted molar refractivity (Wildman–Crippen MR) is 114 cm³/mol. The van der Waals surface area contributed by atoms with Gasteiger partial charge in [-0.2, -0.15) is 0 Å². The van der Waals surface area contributed by atoms with E-state index < -0.39 is 9.84 Å². The van der Waals surface area contributed by atoms with Crippen LogP contribution in [0.4, 0.5) is 5.69 Å². The molecule has 1 amide bonds. The van der Waals surface area contributed by atoms with Crippen LogP contribution >= 0.6 is 0 Å². The SMILES string of the molecule is CCS(=O)(=O)c1cc(C(=O)NC(C2CCCCC2)C2CCCN2)c(OC)cc1N. The molecule has 8 heteroatoms. The van der Waals surface area contributed by atoms with Crippen molar-refractivity contribution >= 4 is 21.4 Å². The number of hydrogen-bond acceptors (Lipinski definition) is 6. The van der Waals surface area contributed by atoms with Gasteiger partial charge in [0.2, 0.25) is 0 Å². The summed E-state index contributed by atoms with van der Waals surface area (Å²) in [5.74, 6) is 0.332. The molecular weight excluding hydrogens is 390 g/mol. The first kappa shape index (κ1) is 21.9. The Hall–Kier alpha value is -1.80. The first-order chi connectivity index (χ1) is 13.9. The van der Waals surface area contributed by atoms with Crippen LogP contribution in [0.25, 0.3) is 0 Å². The van der Waals surface area contributed by atoms with Crippen LogP contribution in [0.5, 0.6) is 5.75 Å². The normalized spacial score (nSPS) is 21.7. The maximum absolute atomic E-state index is 13.3. The fourth-order valence-electron chi connectivity index (χ4n) is 4.63. The van der Waals surface area contributed by atoms with Crippen molar-refractivity contribution in [2.45, 2.75) is 68.8 Å². The number of benzene rings is 1. The zero-order chi connectivity index (χ0) is 21.0. The Kier molecular flexibility index (Phi) is 7.05. The molecule has 2 fully saturated rings. The third-order valence-corrected chi connectivity index (χ3v) is 8.06. The molecule has 1 aliphatic heterocycles. The van der Waals surface area contributed by atoms with Crippen LogP contribution in [0.3, 0.4) is 0 Å². The minimum atomic E-state index is -3.55. The van der Waals surface area contributed by atoms with Gasteiger partial charge in [0.05, 0.1) is 29.0 Å². The highest BCUT2D eigenvalue weighted by molar-refractivity contribution is 7.91. The van der Waals surface area contributed by atoms with Crippen molar-refractivity contribution in [2.75, 3.05) is 25.1 Å². The van der Waals surface area contributed by atoms with E-state index in [0.717, 1.165) is 32.2 Å². The molecule has 162 valence electrons. The average molecular weight is 424 g/mol. The molecule has 0 bridgehead atoms. The summed E-state index contributed by atoms with van der Waals surface area (Å²) >= 11 is 0. The van der Waals surface area contributed by atoms with E-state index in [-0.39, 0.29) is 45.6 Å². The second-order valence-electron chi connectivity index (χ2n) is 8.09. The standard InChI is InChI=1S/C21H33N3O4S/c1-3-29(26,27)19-12-15(18(28-2)13-16(19)22)21(25)24-20(17-10-7-11-23-17)14-8-5-4-6-9-14/h12-14,17,20,23H,3-11,22H2,1-2H3,(H,24,25). The first-order valence-corrected chi connectivity index (χ1v) is 12.3. The highest BCUT2D eigenvalue weighted by Gasteiger charge is 2.34. The lowest BCUT2D eigenvalue weighted by Crippen LogP contribution is -2.52. The Balaban J connectivity index is 1.91. The summed E-state index contributed by atoms with van der Waals surface area (Å²) in [5.41, 5.74) is 6.26. The fraction of sp³-hybridized carbons (Fsp3) is 0.667. The molecule has 0 spiro atoms. The summed E-state index contributed by atoms with van der Waals surface area (Å²) in [6.07, 6.45) is 7.99. The van der Waals surface area contributed by atoms with Crippen LogP contribution in [0.2, 0.25) is 0 Å².